The average Bonchev–Trinajstić information content (AvgIpc) is 3.01. The van der Waals surface area contributed by atoms with Gasteiger partial charge in [-0.1, -0.05) is 18.2 Å². The molecule has 0 aliphatic heterocycles. The van der Waals surface area contributed by atoms with Crippen LogP contribution in [0.5, 0.6) is 0 Å². The number of hydrogen-bond donors (Lipinski definition) is 1. The van der Waals surface area contributed by atoms with Crippen molar-refractivity contribution in [3.05, 3.63) is 54.1 Å². The lowest BCUT2D eigenvalue weighted by atomic mass is 10.4. The highest BCUT2D eigenvalue weighted by Gasteiger charge is 2.14. The topological polar surface area (TPSA) is 89.2 Å². The highest BCUT2D eigenvalue weighted by atomic mass is 32.2. The Kier molecular flexibility index (Phi) is 4.42. The smallest absolute Gasteiger partial charge is 0.291 e. The van der Waals surface area contributed by atoms with Gasteiger partial charge < -0.3 is 5.32 Å². The predicted octanol–water partition coefficient (Wildman–Crippen LogP) is 0.970. The number of carbonyl (C=O) groups is 1. The molecule has 2 heterocycles. The van der Waals surface area contributed by atoms with Crippen LogP contribution in [0.2, 0.25) is 0 Å². The summed E-state index contributed by atoms with van der Waals surface area (Å²) in [5.74, 6) is 0.362. The molecule has 1 unspecified atom stereocenters. The first-order chi connectivity index (χ1) is 11.1. The van der Waals surface area contributed by atoms with Crippen LogP contribution < -0.4 is 5.32 Å². The molecule has 0 aliphatic carbocycles. The van der Waals surface area contributed by atoms with Gasteiger partial charge in [-0.05, 0) is 25.1 Å². The highest BCUT2D eigenvalue weighted by Crippen LogP contribution is 2.05. The first kappa shape index (κ1) is 15.3. The van der Waals surface area contributed by atoms with Crippen molar-refractivity contribution in [3.63, 3.8) is 0 Å². The second kappa shape index (κ2) is 6.66. The van der Waals surface area contributed by atoms with Crippen molar-refractivity contribution in [2.45, 2.75) is 11.8 Å². The van der Waals surface area contributed by atoms with Gasteiger partial charge in [-0.25, -0.2) is 9.50 Å². The zero-order valence-corrected chi connectivity index (χ0v) is 13.3. The number of rotatable bonds is 5. The molecule has 0 saturated heterocycles. The quantitative estimate of drug-likeness (QED) is 0.753. The van der Waals surface area contributed by atoms with E-state index in [0.29, 0.717) is 11.5 Å². The number of benzene rings is 1. The van der Waals surface area contributed by atoms with Crippen LogP contribution in [0.15, 0.2) is 47.5 Å². The maximum atomic E-state index is 12.1. The lowest BCUT2D eigenvalue weighted by Gasteiger charge is -2.03. The van der Waals surface area contributed by atoms with E-state index in [1.54, 1.807) is 24.4 Å². The van der Waals surface area contributed by atoms with Crippen LogP contribution in [0.4, 0.5) is 0 Å². The molecular weight excluding hydrogens is 314 g/mol. The van der Waals surface area contributed by atoms with Gasteiger partial charge in [0.2, 0.25) is 5.82 Å². The minimum Gasteiger partial charge on any atom is -0.348 e. The Hall–Kier alpha value is -2.61. The summed E-state index contributed by atoms with van der Waals surface area (Å²) in [4.78, 5) is 20.9. The normalized spacial score (nSPS) is 12.2. The fourth-order valence-electron chi connectivity index (χ4n) is 2.03. The average molecular weight is 329 g/mol. The SMILES string of the molecule is Cc1ccnc2nc(C(=O)NCCS(=O)c3ccccc3)nn12. The zero-order chi connectivity index (χ0) is 16.2. The molecule has 2 aromatic heterocycles. The first-order valence-corrected chi connectivity index (χ1v) is 8.37. The summed E-state index contributed by atoms with van der Waals surface area (Å²) in [6.07, 6.45) is 1.62. The van der Waals surface area contributed by atoms with Gasteiger partial charge in [0.05, 0.1) is 10.8 Å². The van der Waals surface area contributed by atoms with Crippen LogP contribution in [0, 0.1) is 6.92 Å². The highest BCUT2D eigenvalue weighted by molar-refractivity contribution is 7.85. The minimum atomic E-state index is -1.15. The van der Waals surface area contributed by atoms with Gasteiger partial charge in [-0.15, -0.1) is 5.10 Å². The van der Waals surface area contributed by atoms with Crippen LogP contribution in [0.3, 0.4) is 0 Å². The summed E-state index contributed by atoms with van der Waals surface area (Å²) in [5, 5.41) is 6.81. The summed E-state index contributed by atoms with van der Waals surface area (Å²) in [6, 6.07) is 10.9. The van der Waals surface area contributed by atoms with E-state index in [4.69, 9.17) is 0 Å². The Morgan fingerprint density at radius 2 is 2.04 bits per heavy atom. The Morgan fingerprint density at radius 1 is 1.26 bits per heavy atom. The van der Waals surface area contributed by atoms with E-state index in [2.05, 4.69) is 20.4 Å². The molecule has 0 saturated carbocycles. The molecule has 1 aromatic carbocycles. The number of carbonyl (C=O) groups excluding carboxylic acids is 1. The monoisotopic (exact) mass is 329 g/mol. The summed E-state index contributed by atoms with van der Waals surface area (Å²) in [7, 11) is -1.15. The van der Waals surface area contributed by atoms with Crippen LogP contribution in [-0.2, 0) is 10.8 Å². The van der Waals surface area contributed by atoms with Gasteiger partial charge in [0, 0.05) is 29.1 Å². The molecule has 3 rings (SSSR count). The molecular formula is C15H15N5O2S. The maximum Gasteiger partial charge on any atom is 0.291 e. The molecule has 8 heteroatoms. The van der Waals surface area contributed by atoms with Crippen LogP contribution >= 0.6 is 0 Å². The third-order valence-electron chi connectivity index (χ3n) is 3.21. The molecule has 0 fully saturated rings. The second-order valence-electron chi connectivity index (χ2n) is 4.85. The molecule has 0 aliphatic rings. The number of aromatic nitrogens is 4. The lowest BCUT2D eigenvalue weighted by Crippen LogP contribution is -2.28. The van der Waals surface area contributed by atoms with E-state index >= 15 is 0 Å². The zero-order valence-electron chi connectivity index (χ0n) is 12.5. The van der Waals surface area contributed by atoms with E-state index in [9.17, 15) is 9.00 Å². The van der Waals surface area contributed by atoms with Crippen molar-refractivity contribution < 1.29 is 9.00 Å². The van der Waals surface area contributed by atoms with Gasteiger partial charge in [-0.3, -0.25) is 9.00 Å². The van der Waals surface area contributed by atoms with E-state index in [-0.39, 0.29) is 12.4 Å². The fraction of sp³-hybridized carbons (Fsp3) is 0.200. The van der Waals surface area contributed by atoms with E-state index in [1.165, 1.54) is 4.52 Å². The molecule has 0 bridgehead atoms. The lowest BCUT2D eigenvalue weighted by molar-refractivity contribution is 0.0946. The third-order valence-corrected chi connectivity index (χ3v) is 4.58. The number of nitrogens with one attached hydrogen (secondary N) is 1. The standard InChI is InChI=1S/C15H15N5O2S/c1-11-7-8-17-15-18-13(19-20(11)15)14(21)16-9-10-23(22)12-5-3-2-4-6-12/h2-8H,9-10H2,1H3,(H,16,21). The summed E-state index contributed by atoms with van der Waals surface area (Å²) in [6.45, 7) is 2.14. The molecule has 118 valence electrons. The molecule has 7 nitrogen and oxygen atoms in total. The van der Waals surface area contributed by atoms with Gasteiger partial charge in [0.25, 0.3) is 11.7 Å². The Balaban J connectivity index is 1.61. The summed E-state index contributed by atoms with van der Waals surface area (Å²) < 4.78 is 13.6. The molecule has 23 heavy (non-hydrogen) atoms. The Morgan fingerprint density at radius 3 is 2.78 bits per heavy atom. The number of hydrogen-bond acceptors (Lipinski definition) is 5. The summed E-state index contributed by atoms with van der Waals surface area (Å²) >= 11 is 0. The van der Waals surface area contributed by atoms with Crippen molar-refractivity contribution in [2.75, 3.05) is 12.3 Å². The van der Waals surface area contributed by atoms with Crippen molar-refractivity contribution in [3.8, 4) is 0 Å². The number of amides is 1. The number of nitrogens with zero attached hydrogens (tertiary/aromatic N) is 4. The van der Waals surface area contributed by atoms with E-state index < -0.39 is 16.7 Å². The Labute approximate surface area is 135 Å². The molecule has 1 amide bonds. The number of aryl methyl sites for hydroxylation is 1. The fourth-order valence-corrected chi connectivity index (χ4v) is 3.01. The van der Waals surface area contributed by atoms with Crippen molar-refractivity contribution in [2.24, 2.45) is 0 Å². The van der Waals surface area contributed by atoms with E-state index in [0.717, 1.165) is 10.6 Å². The van der Waals surface area contributed by atoms with Crippen molar-refractivity contribution in [1.29, 1.82) is 0 Å². The molecule has 1 N–H and O–H groups in total. The second-order valence-corrected chi connectivity index (χ2v) is 6.42. The molecule has 1 atom stereocenters. The van der Waals surface area contributed by atoms with Gasteiger partial charge in [-0.2, -0.15) is 4.98 Å². The third kappa shape index (κ3) is 3.42. The van der Waals surface area contributed by atoms with Crippen molar-refractivity contribution in [1.82, 2.24) is 24.9 Å². The number of fused-ring (bicyclic) bond motifs is 1. The van der Waals surface area contributed by atoms with E-state index in [1.807, 2.05) is 25.1 Å². The molecule has 3 aromatic rings. The Bertz CT molecular complexity index is 863. The van der Waals surface area contributed by atoms with Crippen LogP contribution in [0.1, 0.15) is 16.3 Å². The van der Waals surface area contributed by atoms with Crippen LogP contribution in [0.25, 0.3) is 5.78 Å². The molecule has 0 radical (unpaired) electrons. The van der Waals surface area contributed by atoms with Crippen LogP contribution in [-0.4, -0.2) is 42.0 Å². The first-order valence-electron chi connectivity index (χ1n) is 7.05. The molecule has 0 spiro atoms. The largest absolute Gasteiger partial charge is 0.348 e. The predicted molar refractivity (Wildman–Crippen MR) is 85.6 cm³/mol. The summed E-state index contributed by atoms with van der Waals surface area (Å²) in [5.41, 5.74) is 0.840. The maximum absolute atomic E-state index is 12.1. The van der Waals surface area contributed by atoms with Gasteiger partial charge in [0.1, 0.15) is 0 Å². The van der Waals surface area contributed by atoms with Gasteiger partial charge >= 0.3 is 0 Å². The minimum absolute atomic E-state index is 0.0530. The van der Waals surface area contributed by atoms with Crippen molar-refractivity contribution >= 4 is 22.5 Å². The van der Waals surface area contributed by atoms with Gasteiger partial charge in [0.15, 0.2) is 0 Å².